The molecule has 0 saturated carbocycles. The second-order valence-corrected chi connectivity index (χ2v) is 7.83. The minimum Gasteiger partial charge on any atom is -0.337 e. The van der Waals surface area contributed by atoms with Gasteiger partial charge in [0.05, 0.1) is 5.75 Å². The van der Waals surface area contributed by atoms with Crippen LogP contribution in [0.5, 0.6) is 0 Å². The molecule has 2 unspecified atom stereocenters. The Kier molecular flexibility index (Phi) is 4.84. The van der Waals surface area contributed by atoms with Crippen LogP contribution in [-0.2, 0) is 14.6 Å². The maximum atomic E-state index is 12.6. The molecule has 1 N–H and O–H groups in total. The molecule has 2 fully saturated rings. The lowest BCUT2D eigenvalue weighted by molar-refractivity contribution is -0.133. The van der Waals surface area contributed by atoms with Crippen LogP contribution in [0.25, 0.3) is 0 Å². The lowest BCUT2D eigenvalue weighted by Crippen LogP contribution is -2.50. The predicted molar refractivity (Wildman–Crippen MR) is 74.7 cm³/mol. The summed E-state index contributed by atoms with van der Waals surface area (Å²) in [6.45, 7) is 4.39. The first kappa shape index (κ1) is 14.8. The fourth-order valence-electron chi connectivity index (χ4n) is 3.04. The molecule has 0 aromatic rings. The summed E-state index contributed by atoms with van der Waals surface area (Å²) in [6.07, 6.45) is 3.85. The average Bonchev–Trinajstić information content (AvgIpc) is 2.88. The van der Waals surface area contributed by atoms with Crippen molar-refractivity contribution in [3.05, 3.63) is 0 Å². The van der Waals surface area contributed by atoms with Crippen LogP contribution >= 0.6 is 0 Å². The third-order valence-corrected chi connectivity index (χ3v) is 6.24. The van der Waals surface area contributed by atoms with E-state index in [2.05, 4.69) is 5.32 Å². The smallest absolute Gasteiger partial charge is 0.241 e. The Bertz CT molecular complexity index is 416. The van der Waals surface area contributed by atoms with Crippen molar-refractivity contribution in [3.63, 3.8) is 0 Å². The van der Waals surface area contributed by atoms with Gasteiger partial charge in [-0.3, -0.25) is 4.79 Å². The van der Waals surface area contributed by atoms with Crippen molar-refractivity contribution in [3.8, 4) is 0 Å². The maximum Gasteiger partial charge on any atom is 0.241 e. The van der Waals surface area contributed by atoms with Crippen LogP contribution in [0, 0.1) is 0 Å². The molecule has 0 spiro atoms. The fourth-order valence-corrected chi connectivity index (χ4v) is 4.90. The summed E-state index contributed by atoms with van der Waals surface area (Å²) < 4.78 is 24.2. The Hall–Kier alpha value is -0.620. The highest BCUT2D eigenvalue weighted by molar-refractivity contribution is 7.92. The summed E-state index contributed by atoms with van der Waals surface area (Å²) in [7, 11) is -3.23. The largest absolute Gasteiger partial charge is 0.337 e. The Balaban J connectivity index is 2.13. The first-order valence-corrected chi connectivity index (χ1v) is 9.00. The number of hydrogen-bond acceptors (Lipinski definition) is 4. The topological polar surface area (TPSA) is 66.5 Å². The molecular weight excluding hydrogens is 264 g/mol. The van der Waals surface area contributed by atoms with Crippen LogP contribution in [0.3, 0.4) is 0 Å². The van der Waals surface area contributed by atoms with Gasteiger partial charge in [0.15, 0.2) is 9.84 Å². The van der Waals surface area contributed by atoms with Crippen LogP contribution in [0.15, 0.2) is 0 Å². The lowest BCUT2D eigenvalue weighted by Gasteiger charge is -2.33. The van der Waals surface area contributed by atoms with E-state index in [0.29, 0.717) is 19.4 Å². The molecule has 6 heteroatoms. The number of amides is 1. The van der Waals surface area contributed by atoms with Crippen LogP contribution in [-0.4, -0.2) is 55.9 Å². The Morgan fingerprint density at radius 2 is 2.11 bits per heavy atom. The van der Waals surface area contributed by atoms with Crippen LogP contribution in [0.4, 0.5) is 0 Å². The molecule has 0 aromatic carbocycles. The van der Waals surface area contributed by atoms with E-state index in [-0.39, 0.29) is 17.7 Å². The van der Waals surface area contributed by atoms with Gasteiger partial charge in [0.1, 0.15) is 5.25 Å². The quantitative estimate of drug-likeness (QED) is 0.820. The third kappa shape index (κ3) is 3.28. The molecule has 2 saturated heterocycles. The van der Waals surface area contributed by atoms with Crippen LogP contribution in [0.2, 0.25) is 0 Å². The standard InChI is InChI=1S/C13H24N2O3S/c1-2-8-15(11-6-7-14-10-11)13(16)12-5-3-4-9-19(12,17)18/h11-12,14H,2-10H2,1H3. The van der Waals surface area contributed by atoms with Gasteiger partial charge in [0.25, 0.3) is 0 Å². The molecule has 2 heterocycles. The van der Waals surface area contributed by atoms with Gasteiger partial charge in [0.2, 0.25) is 5.91 Å². The van der Waals surface area contributed by atoms with Gasteiger partial charge in [-0.25, -0.2) is 8.42 Å². The van der Waals surface area contributed by atoms with E-state index in [9.17, 15) is 13.2 Å². The summed E-state index contributed by atoms with van der Waals surface area (Å²) >= 11 is 0. The second-order valence-electron chi connectivity index (χ2n) is 5.53. The zero-order chi connectivity index (χ0) is 13.9. The highest BCUT2D eigenvalue weighted by atomic mass is 32.2. The van der Waals surface area contributed by atoms with Crippen molar-refractivity contribution in [2.45, 2.75) is 50.3 Å². The number of sulfone groups is 1. The van der Waals surface area contributed by atoms with Crippen LogP contribution < -0.4 is 5.32 Å². The molecule has 0 radical (unpaired) electrons. The zero-order valence-electron chi connectivity index (χ0n) is 11.6. The van der Waals surface area contributed by atoms with Gasteiger partial charge in [-0.2, -0.15) is 0 Å². The van der Waals surface area contributed by atoms with Gasteiger partial charge >= 0.3 is 0 Å². The Morgan fingerprint density at radius 1 is 1.32 bits per heavy atom. The zero-order valence-corrected chi connectivity index (χ0v) is 12.4. The van der Waals surface area contributed by atoms with Crippen molar-refractivity contribution in [1.82, 2.24) is 10.2 Å². The number of nitrogens with one attached hydrogen (secondary N) is 1. The van der Waals surface area contributed by atoms with E-state index < -0.39 is 15.1 Å². The van der Waals surface area contributed by atoms with Crippen molar-refractivity contribution in [2.24, 2.45) is 0 Å². The van der Waals surface area contributed by atoms with E-state index >= 15 is 0 Å². The molecule has 2 aliphatic rings. The van der Waals surface area contributed by atoms with E-state index in [1.807, 2.05) is 11.8 Å². The number of carbonyl (C=O) groups excluding carboxylic acids is 1. The minimum absolute atomic E-state index is 0.157. The third-order valence-electron chi connectivity index (χ3n) is 4.08. The number of carbonyl (C=O) groups is 1. The van der Waals surface area contributed by atoms with Crippen molar-refractivity contribution in [2.75, 3.05) is 25.4 Å². The summed E-state index contributed by atoms with van der Waals surface area (Å²) in [5.41, 5.74) is 0. The number of hydrogen-bond donors (Lipinski definition) is 1. The molecule has 0 aromatic heterocycles. The van der Waals surface area contributed by atoms with Crippen molar-refractivity contribution in [1.29, 1.82) is 0 Å². The average molecular weight is 288 g/mol. The fraction of sp³-hybridized carbons (Fsp3) is 0.923. The molecule has 2 rings (SSSR count). The number of rotatable bonds is 4. The van der Waals surface area contributed by atoms with Crippen molar-refractivity contribution >= 4 is 15.7 Å². The lowest BCUT2D eigenvalue weighted by atomic mass is 10.1. The molecule has 2 atom stereocenters. The van der Waals surface area contributed by atoms with Gasteiger partial charge in [-0.05, 0) is 32.2 Å². The summed E-state index contributed by atoms with van der Waals surface area (Å²) in [6, 6.07) is 0.171. The van der Waals surface area contributed by atoms with Gasteiger partial charge < -0.3 is 10.2 Å². The molecule has 0 bridgehead atoms. The van der Waals surface area contributed by atoms with E-state index in [0.717, 1.165) is 32.4 Å². The molecular formula is C13H24N2O3S. The number of nitrogens with zero attached hydrogens (tertiary/aromatic N) is 1. The van der Waals surface area contributed by atoms with E-state index in [1.165, 1.54) is 0 Å². The van der Waals surface area contributed by atoms with Gasteiger partial charge in [0, 0.05) is 19.1 Å². The highest BCUT2D eigenvalue weighted by Crippen LogP contribution is 2.23. The molecule has 2 aliphatic heterocycles. The normalized spacial score (nSPS) is 30.2. The summed E-state index contributed by atoms with van der Waals surface area (Å²) in [5.74, 6) is 0.0157. The van der Waals surface area contributed by atoms with E-state index in [1.54, 1.807) is 0 Å². The molecule has 5 nitrogen and oxygen atoms in total. The SMILES string of the molecule is CCCN(C(=O)C1CCCCS1(=O)=O)C1CCNC1. The molecule has 19 heavy (non-hydrogen) atoms. The van der Waals surface area contributed by atoms with Gasteiger partial charge in [-0.1, -0.05) is 13.3 Å². The molecule has 110 valence electrons. The van der Waals surface area contributed by atoms with Crippen molar-refractivity contribution < 1.29 is 13.2 Å². The predicted octanol–water partition coefficient (Wildman–Crippen LogP) is 0.554. The Morgan fingerprint density at radius 3 is 2.68 bits per heavy atom. The minimum atomic E-state index is -3.23. The maximum absolute atomic E-state index is 12.6. The van der Waals surface area contributed by atoms with Gasteiger partial charge in [-0.15, -0.1) is 0 Å². The highest BCUT2D eigenvalue weighted by Gasteiger charge is 2.39. The first-order chi connectivity index (χ1) is 9.06. The molecule has 1 amide bonds. The van der Waals surface area contributed by atoms with Crippen LogP contribution in [0.1, 0.15) is 39.0 Å². The molecule has 0 aliphatic carbocycles. The summed E-state index contributed by atoms with van der Waals surface area (Å²) in [4.78, 5) is 14.4. The first-order valence-electron chi connectivity index (χ1n) is 7.29. The Labute approximate surface area is 115 Å². The second kappa shape index (κ2) is 6.22. The van der Waals surface area contributed by atoms with E-state index in [4.69, 9.17) is 0 Å². The summed E-state index contributed by atoms with van der Waals surface area (Å²) in [5, 5.41) is 2.46. The monoisotopic (exact) mass is 288 g/mol.